The SMILES string of the molecule is O=S(=O)(c1ccc(NC(=S)N2CCc3ccccc3C2)cc1)N1CCOCC1. The van der Waals surface area contributed by atoms with Crippen molar-refractivity contribution < 1.29 is 13.2 Å². The molecule has 0 aliphatic carbocycles. The average molecular weight is 418 g/mol. The predicted octanol–water partition coefficient (Wildman–Crippen LogP) is 2.46. The van der Waals surface area contributed by atoms with Crippen LogP contribution in [0.15, 0.2) is 53.4 Å². The lowest BCUT2D eigenvalue weighted by atomic mass is 10.0. The number of nitrogens with zero attached hydrogens (tertiary/aromatic N) is 2. The molecule has 28 heavy (non-hydrogen) atoms. The van der Waals surface area contributed by atoms with Gasteiger partial charge in [0.15, 0.2) is 5.11 Å². The van der Waals surface area contributed by atoms with Gasteiger partial charge >= 0.3 is 0 Å². The molecule has 0 amide bonds. The molecule has 8 heteroatoms. The van der Waals surface area contributed by atoms with Crippen molar-refractivity contribution in [1.82, 2.24) is 9.21 Å². The van der Waals surface area contributed by atoms with E-state index in [1.807, 2.05) is 6.07 Å². The van der Waals surface area contributed by atoms with E-state index in [-0.39, 0.29) is 4.90 Å². The molecule has 0 spiro atoms. The summed E-state index contributed by atoms with van der Waals surface area (Å²) in [6, 6.07) is 15.2. The predicted molar refractivity (Wildman–Crippen MR) is 113 cm³/mol. The van der Waals surface area contributed by atoms with Gasteiger partial charge in [0.1, 0.15) is 0 Å². The number of sulfonamides is 1. The molecule has 4 rings (SSSR count). The molecule has 2 aliphatic heterocycles. The third-order valence-electron chi connectivity index (χ3n) is 5.13. The highest BCUT2D eigenvalue weighted by atomic mass is 32.2. The zero-order chi connectivity index (χ0) is 19.6. The van der Waals surface area contributed by atoms with Crippen LogP contribution in [0.3, 0.4) is 0 Å². The Labute approximate surface area is 171 Å². The highest BCUT2D eigenvalue weighted by Gasteiger charge is 2.26. The summed E-state index contributed by atoms with van der Waals surface area (Å²) in [7, 11) is -3.48. The van der Waals surface area contributed by atoms with Gasteiger partial charge < -0.3 is 15.0 Å². The van der Waals surface area contributed by atoms with Gasteiger partial charge in [-0.2, -0.15) is 4.31 Å². The van der Waals surface area contributed by atoms with Gasteiger partial charge in [-0.05, 0) is 54.0 Å². The Kier molecular flexibility index (Phi) is 5.63. The number of ether oxygens (including phenoxy) is 1. The Hall–Kier alpha value is -2.00. The summed E-state index contributed by atoms with van der Waals surface area (Å²) in [5.41, 5.74) is 3.45. The number of thiocarbonyl (C=S) groups is 1. The maximum atomic E-state index is 12.7. The highest BCUT2D eigenvalue weighted by molar-refractivity contribution is 7.89. The molecule has 0 atom stereocenters. The molecule has 1 saturated heterocycles. The molecule has 2 aliphatic rings. The number of morpholine rings is 1. The Balaban J connectivity index is 1.41. The van der Waals surface area contributed by atoms with Gasteiger partial charge in [-0.1, -0.05) is 24.3 Å². The number of hydrogen-bond donors (Lipinski definition) is 1. The van der Waals surface area contributed by atoms with Gasteiger partial charge in [-0.3, -0.25) is 0 Å². The fourth-order valence-corrected chi connectivity index (χ4v) is 5.20. The monoisotopic (exact) mass is 417 g/mol. The van der Waals surface area contributed by atoms with Crippen LogP contribution in [0, 0.1) is 0 Å². The van der Waals surface area contributed by atoms with Crippen LogP contribution < -0.4 is 5.32 Å². The average Bonchev–Trinajstić information content (AvgIpc) is 2.74. The second kappa shape index (κ2) is 8.16. The lowest BCUT2D eigenvalue weighted by molar-refractivity contribution is 0.0730. The summed E-state index contributed by atoms with van der Waals surface area (Å²) in [5.74, 6) is 0. The van der Waals surface area contributed by atoms with Crippen LogP contribution in [-0.2, 0) is 27.7 Å². The molecule has 0 radical (unpaired) electrons. The van der Waals surface area contributed by atoms with E-state index in [2.05, 4.69) is 28.4 Å². The highest BCUT2D eigenvalue weighted by Crippen LogP contribution is 2.22. The van der Waals surface area contributed by atoms with Gasteiger partial charge in [0.2, 0.25) is 10.0 Å². The Morgan fingerprint density at radius 1 is 0.964 bits per heavy atom. The molecule has 2 heterocycles. The molecule has 6 nitrogen and oxygen atoms in total. The van der Waals surface area contributed by atoms with E-state index in [9.17, 15) is 8.42 Å². The second-order valence-corrected chi connectivity index (χ2v) is 9.24. The molecule has 1 fully saturated rings. The van der Waals surface area contributed by atoms with Crippen molar-refractivity contribution in [3.63, 3.8) is 0 Å². The Morgan fingerprint density at radius 2 is 1.64 bits per heavy atom. The van der Waals surface area contributed by atoms with E-state index < -0.39 is 10.0 Å². The smallest absolute Gasteiger partial charge is 0.243 e. The van der Waals surface area contributed by atoms with Gasteiger partial charge in [-0.15, -0.1) is 0 Å². The molecule has 2 aromatic rings. The number of nitrogens with one attached hydrogen (secondary N) is 1. The van der Waals surface area contributed by atoms with E-state index in [1.165, 1.54) is 15.4 Å². The van der Waals surface area contributed by atoms with Crippen molar-refractivity contribution in [2.45, 2.75) is 17.9 Å². The van der Waals surface area contributed by atoms with Crippen LogP contribution in [-0.4, -0.2) is 55.6 Å². The fraction of sp³-hybridized carbons (Fsp3) is 0.350. The first-order valence-corrected chi connectivity index (χ1v) is 11.2. The van der Waals surface area contributed by atoms with E-state index in [0.29, 0.717) is 31.4 Å². The molecule has 2 aromatic carbocycles. The van der Waals surface area contributed by atoms with Crippen molar-refractivity contribution in [1.29, 1.82) is 0 Å². The minimum atomic E-state index is -3.48. The first kappa shape index (κ1) is 19.3. The van der Waals surface area contributed by atoms with Crippen molar-refractivity contribution >= 4 is 33.0 Å². The van der Waals surface area contributed by atoms with Crippen molar-refractivity contribution in [2.24, 2.45) is 0 Å². The molecule has 0 bridgehead atoms. The Morgan fingerprint density at radius 3 is 2.36 bits per heavy atom. The molecular weight excluding hydrogens is 394 g/mol. The fourth-order valence-electron chi connectivity index (χ4n) is 3.52. The zero-order valence-corrected chi connectivity index (χ0v) is 17.1. The van der Waals surface area contributed by atoms with Gasteiger partial charge in [0, 0.05) is 31.9 Å². The minimum absolute atomic E-state index is 0.290. The number of anilines is 1. The first-order chi connectivity index (χ1) is 13.5. The topological polar surface area (TPSA) is 61.9 Å². The molecule has 148 valence electrons. The number of benzene rings is 2. The van der Waals surface area contributed by atoms with Crippen LogP contribution in [0.5, 0.6) is 0 Å². The van der Waals surface area contributed by atoms with Crippen LogP contribution >= 0.6 is 12.2 Å². The van der Waals surface area contributed by atoms with Crippen LogP contribution in [0.4, 0.5) is 5.69 Å². The van der Waals surface area contributed by atoms with E-state index in [4.69, 9.17) is 17.0 Å². The molecule has 0 aromatic heterocycles. The number of hydrogen-bond acceptors (Lipinski definition) is 4. The normalized spacial score (nSPS) is 17.8. The van der Waals surface area contributed by atoms with Gasteiger partial charge in [0.05, 0.1) is 18.1 Å². The molecular formula is C20H23N3O3S2. The van der Waals surface area contributed by atoms with Crippen molar-refractivity contribution in [2.75, 3.05) is 38.2 Å². The van der Waals surface area contributed by atoms with Crippen LogP contribution in [0.25, 0.3) is 0 Å². The summed E-state index contributed by atoms with van der Waals surface area (Å²) in [5, 5.41) is 3.88. The van der Waals surface area contributed by atoms with Crippen molar-refractivity contribution in [3.8, 4) is 0 Å². The summed E-state index contributed by atoms with van der Waals surface area (Å²) >= 11 is 5.57. The maximum absolute atomic E-state index is 12.7. The Bertz CT molecular complexity index is 955. The van der Waals surface area contributed by atoms with Crippen LogP contribution in [0.2, 0.25) is 0 Å². The standard InChI is InChI=1S/C20H23N3O3S2/c24-28(25,23-11-13-26-14-12-23)19-7-5-18(6-8-19)21-20(27)22-10-9-16-3-1-2-4-17(16)15-22/h1-8H,9-15H2,(H,21,27). The van der Waals surface area contributed by atoms with E-state index >= 15 is 0 Å². The maximum Gasteiger partial charge on any atom is 0.243 e. The number of rotatable bonds is 3. The molecule has 0 unspecified atom stereocenters. The lowest BCUT2D eigenvalue weighted by Gasteiger charge is -2.31. The minimum Gasteiger partial charge on any atom is -0.379 e. The third-order valence-corrected chi connectivity index (χ3v) is 7.40. The van der Waals surface area contributed by atoms with Crippen molar-refractivity contribution in [3.05, 3.63) is 59.7 Å². The van der Waals surface area contributed by atoms with Gasteiger partial charge in [-0.25, -0.2) is 8.42 Å². The van der Waals surface area contributed by atoms with Crippen LogP contribution in [0.1, 0.15) is 11.1 Å². The van der Waals surface area contributed by atoms with E-state index in [1.54, 1.807) is 24.3 Å². The first-order valence-electron chi connectivity index (χ1n) is 9.35. The summed E-state index contributed by atoms with van der Waals surface area (Å²) in [6.07, 6.45) is 0.967. The molecule has 1 N–H and O–H groups in total. The quantitative estimate of drug-likeness (QED) is 0.775. The second-order valence-electron chi connectivity index (χ2n) is 6.91. The lowest BCUT2D eigenvalue weighted by Crippen LogP contribution is -2.40. The summed E-state index contributed by atoms with van der Waals surface area (Å²) < 4.78 is 32.1. The largest absolute Gasteiger partial charge is 0.379 e. The third kappa shape index (κ3) is 4.05. The summed E-state index contributed by atoms with van der Waals surface area (Å²) in [4.78, 5) is 2.42. The van der Waals surface area contributed by atoms with Gasteiger partial charge in [0.25, 0.3) is 0 Å². The van der Waals surface area contributed by atoms with E-state index in [0.717, 1.165) is 25.2 Å². The zero-order valence-electron chi connectivity index (χ0n) is 15.5. The summed E-state index contributed by atoms with van der Waals surface area (Å²) in [6.45, 7) is 3.31. The number of fused-ring (bicyclic) bond motifs is 1. The molecule has 0 saturated carbocycles.